The van der Waals surface area contributed by atoms with Crippen LogP contribution in [0.1, 0.15) is 45.8 Å². The van der Waals surface area contributed by atoms with Crippen LogP contribution in [0.15, 0.2) is 18.2 Å². The van der Waals surface area contributed by atoms with Crippen LogP contribution in [0.5, 0.6) is 0 Å². The van der Waals surface area contributed by atoms with E-state index in [0.29, 0.717) is 23.1 Å². The normalized spacial score (nSPS) is 27.5. The number of rotatable bonds is 3. The molecule has 3 unspecified atom stereocenters. The number of nitro groups is 1. The minimum Gasteiger partial charge on any atom is -0.389 e. The molecule has 2 rings (SSSR count). The van der Waals surface area contributed by atoms with Gasteiger partial charge in [-0.25, -0.2) is 0 Å². The lowest BCUT2D eigenvalue weighted by Crippen LogP contribution is -2.46. The van der Waals surface area contributed by atoms with Crippen molar-refractivity contribution in [2.75, 3.05) is 11.4 Å². The number of benzene rings is 1. The average molecular weight is 292 g/mol. The van der Waals surface area contributed by atoms with Crippen LogP contribution < -0.4 is 4.90 Å². The molecule has 1 aliphatic heterocycles. The number of aliphatic hydroxyl groups excluding tert-OH is 1. The zero-order valence-electron chi connectivity index (χ0n) is 13.1. The van der Waals surface area contributed by atoms with Gasteiger partial charge < -0.3 is 10.0 Å². The Bertz CT molecular complexity index is 530. The maximum atomic E-state index is 11.4. The largest absolute Gasteiger partial charge is 0.389 e. The van der Waals surface area contributed by atoms with E-state index >= 15 is 0 Å². The highest BCUT2D eigenvalue weighted by Gasteiger charge is 2.32. The van der Waals surface area contributed by atoms with Crippen LogP contribution >= 0.6 is 0 Å². The molecule has 1 saturated heterocycles. The zero-order chi connectivity index (χ0) is 15.7. The first-order valence-electron chi connectivity index (χ1n) is 7.54. The molecule has 1 fully saturated rings. The molecule has 0 aromatic heterocycles. The summed E-state index contributed by atoms with van der Waals surface area (Å²) in [6.45, 7) is 8.96. The first-order chi connectivity index (χ1) is 9.81. The van der Waals surface area contributed by atoms with Gasteiger partial charge in [0.25, 0.3) is 5.69 Å². The van der Waals surface area contributed by atoms with Crippen LogP contribution in [-0.4, -0.2) is 22.6 Å². The van der Waals surface area contributed by atoms with Crippen molar-refractivity contribution in [1.82, 2.24) is 0 Å². The summed E-state index contributed by atoms with van der Waals surface area (Å²) in [5.41, 5.74) is 1.33. The van der Waals surface area contributed by atoms with E-state index in [1.807, 2.05) is 0 Å². The molecule has 1 heterocycles. The quantitative estimate of drug-likeness (QED) is 0.683. The second kappa shape index (κ2) is 6.02. The van der Waals surface area contributed by atoms with Crippen molar-refractivity contribution in [3.05, 3.63) is 33.9 Å². The van der Waals surface area contributed by atoms with Gasteiger partial charge in [0.1, 0.15) is 5.69 Å². The van der Waals surface area contributed by atoms with Crippen molar-refractivity contribution < 1.29 is 10.0 Å². The standard InChI is InChI=1S/C16H24N2O3/c1-10-7-11(2)12(3)17(9-10)15-6-5-14(13(4)19)8-16(15)18(20)21/h5-6,8,10-13,19H,7,9H2,1-4H3/t10?,11?,12?,13-/m0/s1. The van der Waals surface area contributed by atoms with E-state index in [1.54, 1.807) is 19.1 Å². The van der Waals surface area contributed by atoms with Crippen molar-refractivity contribution in [2.24, 2.45) is 11.8 Å². The van der Waals surface area contributed by atoms with Gasteiger partial charge in [-0.1, -0.05) is 19.9 Å². The third-order valence-corrected chi connectivity index (χ3v) is 4.59. The lowest BCUT2D eigenvalue weighted by molar-refractivity contribution is -0.384. The summed E-state index contributed by atoms with van der Waals surface area (Å²) in [7, 11) is 0. The SMILES string of the molecule is CC1CC(C)C(C)N(c2ccc([C@H](C)O)cc2[N+](=O)[O-])C1. The van der Waals surface area contributed by atoms with Crippen molar-refractivity contribution in [3.8, 4) is 0 Å². The maximum Gasteiger partial charge on any atom is 0.292 e. The summed E-state index contributed by atoms with van der Waals surface area (Å²) in [5, 5.41) is 21.0. The van der Waals surface area contributed by atoms with Crippen LogP contribution in [0.25, 0.3) is 0 Å². The number of aliphatic hydroxyl groups is 1. The highest BCUT2D eigenvalue weighted by Crippen LogP contribution is 2.37. The van der Waals surface area contributed by atoms with Gasteiger partial charge in [-0.15, -0.1) is 0 Å². The first-order valence-corrected chi connectivity index (χ1v) is 7.54. The van der Waals surface area contributed by atoms with Gasteiger partial charge in [-0.2, -0.15) is 0 Å². The third-order valence-electron chi connectivity index (χ3n) is 4.59. The number of nitro benzene ring substituents is 1. The predicted octanol–water partition coefficient (Wildman–Crippen LogP) is 3.52. The Morgan fingerprint density at radius 1 is 1.38 bits per heavy atom. The lowest BCUT2D eigenvalue weighted by atomic mass is 9.85. The Kier molecular flexibility index (Phi) is 4.52. The fourth-order valence-corrected chi connectivity index (χ4v) is 3.22. The number of hydrogen-bond acceptors (Lipinski definition) is 4. The van der Waals surface area contributed by atoms with E-state index in [9.17, 15) is 15.2 Å². The van der Waals surface area contributed by atoms with E-state index in [0.717, 1.165) is 13.0 Å². The number of anilines is 1. The molecule has 0 bridgehead atoms. The molecule has 4 atom stereocenters. The molecular formula is C16H24N2O3. The molecule has 0 spiro atoms. The van der Waals surface area contributed by atoms with Crippen molar-refractivity contribution in [3.63, 3.8) is 0 Å². The summed E-state index contributed by atoms with van der Waals surface area (Å²) in [5.74, 6) is 1.03. The van der Waals surface area contributed by atoms with Crippen molar-refractivity contribution in [2.45, 2.75) is 46.3 Å². The Labute approximate surface area is 125 Å². The topological polar surface area (TPSA) is 66.6 Å². The van der Waals surface area contributed by atoms with Gasteiger partial charge in [-0.05, 0) is 43.7 Å². The van der Waals surface area contributed by atoms with Crippen LogP contribution in [0.4, 0.5) is 11.4 Å². The highest BCUT2D eigenvalue weighted by molar-refractivity contribution is 5.65. The molecule has 1 aliphatic rings. The van der Waals surface area contributed by atoms with Crippen LogP contribution in [0.3, 0.4) is 0 Å². The fraction of sp³-hybridized carbons (Fsp3) is 0.625. The lowest BCUT2D eigenvalue weighted by Gasteiger charge is -2.42. The maximum absolute atomic E-state index is 11.4. The predicted molar refractivity (Wildman–Crippen MR) is 83.5 cm³/mol. The van der Waals surface area contributed by atoms with Gasteiger partial charge in [0, 0.05) is 18.7 Å². The molecule has 1 aromatic rings. The summed E-state index contributed by atoms with van der Waals surface area (Å²) in [4.78, 5) is 13.2. The third kappa shape index (κ3) is 3.18. The molecule has 0 radical (unpaired) electrons. The molecule has 0 saturated carbocycles. The first kappa shape index (κ1) is 15.8. The van der Waals surface area contributed by atoms with E-state index < -0.39 is 6.10 Å². The van der Waals surface area contributed by atoms with Gasteiger partial charge in [0.2, 0.25) is 0 Å². The Balaban J connectivity index is 2.44. The van der Waals surface area contributed by atoms with E-state index in [4.69, 9.17) is 0 Å². The average Bonchev–Trinajstić information content (AvgIpc) is 2.42. The molecule has 5 nitrogen and oxygen atoms in total. The highest BCUT2D eigenvalue weighted by atomic mass is 16.6. The molecule has 0 aliphatic carbocycles. The smallest absolute Gasteiger partial charge is 0.292 e. The fourth-order valence-electron chi connectivity index (χ4n) is 3.22. The summed E-state index contributed by atoms with van der Waals surface area (Å²) < 4.78 is 0. The molecule has 1 N–H and O–H groups in total. The van der Waals surface area contributed by atoms with Crippen LogP contribution in [0.2, 0.25) is 0 Å². The molecule has 0 amide bonds. The van der Waals surface area contributed by atoms with E-state index in [-0.39, 0.29) is 16.7 Å². The zero-order valence-corrected chi connectivity index (χ0v) is 13.1. The summed E-state index contributed by atoms with van der Waals surface area (Å²) >= 11 is 0. The number of nitrogens with zero attached hydrogens (tertiary/aromatic N) is 2. The van der Waals surface area contributed by atoms with Gasteiger partial charge >= 0.3 is 0 Å². The number of hydrogen-bond donors (Lipinski definition) is 1. The molecule has 116 valence electrons. The van der Waals surface area contributed by atoms with E-state index in [2.05, 4.69) is 25.7 Å². The summed E-state index contributed by atoms with van der Waals surface area (Å²) in [6.07, 6.45) is 0.450. The Morgan fingerprint density at radius 3 is 2.62 bits per heavy atom. The van der Waals surface area contributed by atoms with Gasteiger partial charge in [0.05, 0.1) is 11.0 Å². The molecule has 5 heteroatoms. The van der Waals surface area contributed by atoms with Crippen LogP contribution in [0, 0.1) is 22.0 Å². The second-order valence-corrected chi connectivity index (χ2v) is 6.39. The van der Waals surface area contributed by atoms with E-state index in [1.165, 1.54) is 6.07 Å². The molecule has 21 heavy (non-hydrogen) atoms. The van der Waals surface area contributed by atoms with Gasteiger partial charge in [0.15, 0.2) is 0 Å². The monoisotopic (exact) mass is 292 g/mol. The molecule has 1 aromatic carbocycles. The minimum atomic E-state index is -0.700. The summed E-state index contributed by atoms with van der Waals surface area (Å²) in [6, 6.07) is 5.33. The Morgan fingerprint density at radius 2 is 2.05 bits per heavy atom. The number of piperidine rings is 1. The van der Waals surface area contributed by atoms with Gasteiger partial charge in [-0.3, -0.25) is 10.1 Å². The minimum absolute atomic E-state index is 0.0848. The Hall–Kier alpha value is -1.62. The molecular weight excluding hydrogens is 268 g/mol. The van der Waals surface area contributed by atoms with Crippen molar-refractivity contribution >= 4 is 11.4 Å². The van der Waals surface area contributed by atoms with Crippen LogP contribution in [-0.2, 0) is 0 Å². The second-order valence-electron chi connectivity index (χ2n) is 6.39. The van der Waals surface area contributed by atoms with Crippen molar-refractivity contribution in [1.29, 1.82) is 0 Å².